The second-order valence-electron chi connectivity index (χ2n) is 9.91. The number of fused-ring (bicyclic) bond motifs is 2. The molecule has 0 spiro atoms. The molecule has 0 radical (unpaired) electrons. The summed E-state index contributed by atoms with van der Waals surface area (Å²) in [4.78, 5) is 38.8. The predicted molar refractivity (Wildman–Crippen MR) is 136 cm³/mol. The van der Waals surface area contributed by atoms with Crippen molar-refractivity contribution in [3.8, 4) is 0 Å². The minimum atomic E-state index is -0.218. The van der Waals surface area contributed by atoms with Crippen LogP contribution < -0.4 is 10.2 Å². The van der Waals surface area contributed by atoms with E-state index in [9.17, 15) is 14.4 Å². The quantitative estimate of drug-likeness (QED) is 0.383. The Morgan fingerprint density at radius 1 is 1.09 bits per heavy atom. The topological polar surface area (TPSA) is 79.0 Å². The minimum absolute atomic E-state index is 0.0417. The highest BCUT2D eigenvalue weighted by molar-refractivity contribution is 6.00. The number of carbonyl (C=O) groups is 3. The average Bonchev–Trinajstić information content (AvgIpc) is 3.42. The standard InChI is InChI=1S/C20H25N3O3.C5H12O.C2H6/c24-10-2-1-9-22-12-17-11-16(22)13-23(17)15-5-3-14(4-6-15)18-7-8-19(25)21-20(18)26;1-5(2,3)6-4;1-2/h3-6,10,16-18H,1-2,7-9,11-13H2,(H,21,25,26);1-4H3;1-2H3. The van der Waals surface area contributed by atoms with E-state index < -0.39 is 0 Å². The number of piperazine rings is 1. The zero-order valence-electron chi connectivity index (χ0n) is 21.8. The first-order chi connectivity index (χ1) is 16.2. The molecule has 3 heterocycles. The molecule has 0 aliphatic carbocycles. The summed E-state index contributed by atoms with van der Waals surface area (Å²) in [5.74, 6) is -0.570. The lowest BCUT2D eigenvalue weighted by Gasteiger charge is -2.35. The summed E-state index contributed by atoms with van der Waals surface area (Å²) in [6, 6.07) is 9.40. The Labute approximate surface area is 205 Å². The highest BCUT2D eigenvalue weighted by Crippen LogP contribution is 2.35. The number of hydrogen-bond donors (Lipinski definition) is 1. The summed E-state index contributed by atoms with van der Waals surface area (Å²) < 4.78 is 4.94. The van der Waals surface area contributed by atoms with Gasteiger partial charge in [-0.2, -0.15) is 0 Å². The lowest BCUT2D eigenvalue weighted by Crippen LogP contribution is -2.46. The Morgan fingerprint density at radius 2 is 1.74 bits per heavy atom. The zero-order valence-corrected chi connectivity index (χ0v) is 21.8. The number of ether oxygens (including phenoxy) is 1. The molecular weight excluding hydrogens is 430 g/mol. The molecule has 3 saturated heterocycles. The van der Waals surface area contributed by atoms with Gasteiger partial charge >= 0.3 is 0 Å². The number of carbonyl (C=O) groups excluding carboxylic acids is 3. The van der Waals surface area contributed by atoms with E-state index in [2.05, 4.69) is 27.2 Å². The Morgan fingerprint density at radius 3 is 2.24 bits per heavy atom. The van der Waals surface area contributed by atoms with Crippen LogP contribution in [0.15, 0.2) is 24.3 Å². The van der Waals surface area contributed by atoms with Gasteiger partial charge in [-0.15, -0.1) is 0 Å². The number of unbranched alkanes of at least 4 members (excludes halogenated alkanes) is 1. The van der Waals surface area contributed by atoms with Gasteiger partial charge in [0.2, 0.25) is 11.8 Å². The number of amides is 2. The number of rotatable bonds is 6. The van der Waals surface area contributed by atoms with Gasteiger partial charge in [-0.1, -0.05) is 26.0 Å². The van der Waals surface area contributed by atoms with Gasteiger partial charge in [0, 0.05) is 50.8 Å². The second-order valence-corrected chi connectivity index (χ2v) is 9.91. The third-order valence-corrected chi connectivity index (χ3v) is 6.60. The molecule has 190 valence electrons. The third-order valence-electron chi connectivity index (χ3n) is 6.60. The van der Waals surface area contributed by atoms with Gasteiger partial charge in [-0.3, -0.25) is 19.8 Å². The maximum atomic E-state index is 12.0. The number of imide groups is 1. The van der Waals surface area contributed by atoms with Crippen molar-refractivity contribution >= 4 is 23.8 Å². The van der Waals surface area contributed by atoms with E-state index in [1.807, 2.05) is 46.8 Å². The van der Waals surface area contributed by atoms with Crippen LogP contribution in [-0.2, 0) is 19.1 Å². The van der Waals surface area contributed by atoms with Crippen LogP contribution in [0.2, 0.25) is 0 Å². The highest BCUT2D eigenvalue weighted by atomic mass is 16.5. The molecule has 4 rings (SSSR count). The third kappa shape index (κ3) is 7.64. The molecule has 0 aromatic heterocycles. The molecule has 0 saturated carbocycles. The van der Waals surface area contributed by atoms with Gasteiger partial charge < -0.3 is 14.4 Å². The first-order valence-corrected chi connectivity index (χ1v) is 12.6. The van der Waals surface area contributed by atoms with Crippen molar-refractivity contribution in [3.05, 3.63) is 29.8 Å². The van der Waals surface area contributed by atoms with Crippen LogP contribution in [0.25, 0.3) is 0 Å². The fourth-order valence-electron chi connectivity index (χ4n) is 4.63. The first-order valence-electron chi connectivity index (χ1n) is 12.6. The number of nitrogens with one attached hydrogen (secondary N) is 1. The molecule has 1 N–H and O–H groups in total. The number of methoxy groups -OCH3 is 1. The largest absolute Gasteiger partial charge is 0.379 e. The average molecular weight is 474 g/mol. The van der Waals surface area contributed by atoms with Crippen molar-refractivity contribution in [3.63, 3.8) is 0 Å². The van der Waals surface area contributed by atoms with E-state index in [1.54, 1.807) is 7.11 Å². The molecule has 1 aromatic rings. The van der Waals surface area contributed by atoms with E-state index in [0.29, 0.717) is 31.3 Å². The summed E-state index contributed by atoms with van der Waals surface area (Å²) in [7, 11) is 1.71. The second kappa shape index (κ2) is 13.0. The maximum absolute atomic E-state index is 12.0. The molecule has 3 aliphatic heterocycles. The summed E-state index contributed by atoms with van der Waals surface area (Å²) in [5, 5.41) is 2.43. The molecule has 3 atom stereocenters. The van der Waals surface area contributed by atoms with E-state index in [0.717, 1.165) is 37.9 Å². The maximum Gasteiger partial charge on any atom is 0.234 e. The minimum Gasteiger partial charge on any atom is -0.379 e. The summed E-state index contributed by atoms with van der Waals surface area (Å²) in [5.41, 5.74) is 2.24. The SMILES string of the molecule is CC.COC(C)(C)C.O=CCCCN1CC2CC1CN2c1ccc(C2CCC(=O)NC2=O)cc1. The Hall–Kier alpha value is -2.25. The van der Waals surface area contributed by atoms with Gasteiger partial charge in [-0.25, -0.2) is 0 Å². The van der Waals surface area contributed by atoms with Crippen molar-refractivity contribution in [1.29, 1.82) is 0 Å². The van der Waals surface area contributed by atoms with Gasteiger partial charge in [-0.05, 0) is 64.3 Å². The van der Waals surface area contributed by atoms with Crippen LogP contribution in [-0.4, -0.2) is 67.4 Å². The summed E-state index contributed by atoms with van der Waals surface area (Å²) in [6.07, 6.45) is 4.80. The lowest BCUT2D eigenvalue weighted by molar-refractivity contribution is -0.134. The van der Waals surface area contributed by atoms with E-state index >= 15 is 0 Å². The summed E-state index contributed by atoms with van der Waals surface area (Å²) >= 11 is 0. The van der Waals surface area contributed by atoms with Crippen LogP contribution in [0.5, 0.6) is 0 Å². The van der Waals surface area contributed by atoms with E-state index in [1.165, 1.54) is 12.1 Å². The predicted octanol–water partition coefficient (Wildman–Crippen LogP) is 3.91. The number of likely N-dealkylation sites (tertiary alicyclic amines) is 1. The van der Waals surface area contributed by atoms with Crippen LogP contribution >= 0.6 is 0 Å². The zero-order chi connectivity index (χ0) is 25.3. The van der Waals surface area contributed by atoms with E-state index in [4.69, 9.17) is 4.74 Å². The molecule has 2 bridgehead atoms. The molecular formula is C27H43N3O4. The highest BCUT2D eigenvalue weighted by Gasteiger charge is 2.42. The van der Waals surface area contributed by atoms with Crippen LogP contribution in [0.1, 0.15) is 78.2 Å². The molecule has 1 aromatic carbocycles. The number of benzene rings is 1. The van der Waals surface area contributed by atoms with Crippen LogP contribution in [0.3, 0.4) is 0 Å². The lowest BCUT2D eigenvalue weighted by atomic mass is 9.90. The van der Waals surface area contributed by atoms with Gasteiger partial charge in [0.25, 0.3) is 0 Å². The monoisotopic (exact) mass is 473 g/mol. The number of hydrogen-bond acceptors (Lipinski definition) is 6. The van der Waals surface area contributed by atoms with Crippen molar-refractivity contribution < 1.29 is 19.1 Å². The normalized spacial score (nSPS) is 24.1. The first kappa shape index (κ1) is 28.0. The van der Waals surface area contributed by atoms with Crippen molar-refractivity contribution in [2.45, 2.75) is 90.3 Å². The van der Waals surface area contributed by atoms with Crippen molar-refractivity contribution in [2.24, 2.45) is 0 Å². The Kier molecular flexibility index (Phi) is 10.7. The molecule has 3 aliphatic rings. The molecule has 3 unspecified atom stereocenters. The van der Waals surface area contributed by atoms with Gasteiger partial charge in [0.05, 0.1) is 11.5 Å². The van der Waals surface area contributed by atoms with Gasteiger partial charge in [0.1, 0.15) is 6.29 Å². The van der Waals surface area contributed by atoms with E-state index in [-0.39, 0.29) is 23.3 Å². The van der Waals surface area contributed by atoms with Crippen molar-refractivity contribution in [2.75, 3.05) is 31.6 Å². The van der Waals surface area contributed by atoms with Crippen molar-refractivity contribution in [1.82, 2.24) is 10.2 Å². The molecule has 7 nitrogen and oxygen atoms in total. The summed E-state index contributed by atoms with van der Waals surface area (Å²) in [6.45, 7) is 13.2. The Bertz CT molecular complexity index is 803. The van der Waals surface area contributed by atoms with Gasteiger partial charge in [0.15, 0.2) is 0 Å². The molecule has 34 heavy (non-hydrogen) atoms. The number of piperidine rings is 1. The number of nitrogens with zero attached hydrogens (tertiary/aromatic N) is 2. The smallest absolute Gasteiger partial charge is 0.234 e. The van der Waals surface area contributed by atoms with Crippen LogP contribution in [0.4, 0.5) is 5.69 Å². The fourth-order valence-corrected chi connectivity index (χ4v) is 4.63. The number of aldehydes is 1. The fraction of sp³-hybridized carbons (Fsp3) is 0.667. The molecule has 2 amide bonds. The van der Waals surface area contributed by atoms with Crippen LogP contribution in [0, 0.1) is 0 Å². The Balaban J connectivity index is 0.000000447. The molecule has 7 heteroatoms. The number of anilines is 1. The molecule has 3 fully saturated rings.